The molecule has 0 aliphatic heterocycles. The third kappa shape index (κ3) is 5.84. The second-order valence-electron chi connectivity index (χ2n) is 5.48. The lowest BCUT2D eigenvalue weighted by molar-refractivity contribution is -0.132. The Balaban J connectivity index is 0.00000484. The predicted molar refractivity (Wildman–Crippen MR) is 96.8 cm³/mol. The van der Waals surface area contributed by atoms with Crippen molar-refractivity contribution in [1.29, 1.82) is 0 Å². The van der Waals surface area contributed by atoms with Gasteiger partial charge in [-0.1, -0.05) is 32.9 Å². The van der Waals surface area contributed by atoms with Crippen molar-refractivity contribution < 1.29 is 9.59 Å². The molecule has 130 valence electrons. The molecule has 0 spiro atoms. The average Bonchev–Trinajstić information content (AvgIpc) is 2.55. The van der Waals surface area contributed by atoms with Crippen LogP contribution >= 0.6 is 12.4 Å². The summed E-state index contributed by atoms with van der Waals surface area (Å²) >= 11 is 0. The maximum atomic E-state index is 12.2. The standard InChI is InChI=1S/C17H27N3O2.ClH/c1-4-13-8-7-9-14(10-13)20-15(21)11-19-16(22)17(5-2,6-3)12-18;/h7-10H,4-6,11-12,18H2,1-3H3,(H,19,22)(H,20,21);1H. The van der Waals surface area contributed by atoms with Crippen LogP contribution in [0.25, 0.3) is 0 Å². The van der Waals surface area contributed by atoms with E-state index in [1.165, 1.54) is 0 Å². The third-order valence-electron chi connectivity index (χ3n) is 4.25. The molecule has 4 N–H and O–H groups in total. The van der Waals surface area contributed by atoms with Crippen LogP contribution in [-0.2, 0) is 16.0 Å². The summed E-state index contributed by atoms with van der Waals surface area (Å²) < 4.78 is 0. The van der Waals surface area contributed by atoms with E-state index < -0.39 is 5.41 Å². The first-order chi connectivity index (χ1) is 10.5. The molecule has 0 fully saturated rings. The van der Waals surface area contributed by atoms with Gasteiger partial charge in [0.2, 0.25) is 11.8 Å². The lowest BCUT2D eigenvalue weighted by Gasteiger charge is -2.28. The van der Waals surface area contributed by atoms with Gasteiger partial charge in [-0.15, -0.1) is 12.4 Å². The van der Waals surface area contributed by atoms with Gasteiger partial charge in [0.1, 0.15) is 0 Å². The molecule has 0 unspecified atom stereocenters. The minimum absolute atomic E-state index is 0. The minimum atomic E-state index is -0.581. The molecule has 0 aliphatic carbocycles. The summed E-state index contributed by atoms with van der Waals surface area (Å²) in [6, 6.07) is 7.68. The van der Waals surface area contributed by atoms with E-state index in [0.29, 0.717) is 12.8 Å². The highest BCUT2D eigenvalue weighted by atomic mass is 35.5. The van der Waals surface area contributed by atoms with Crippen molar-refractivity contribution in [2.24, 2.45) is 11.1 Å². The van der Waals surface area contributed by atoms with E-state index in [-0.39, 0.29) is 37.3 Å². The zero-order valence-electron chi connectivity index (χ0n) is 14.1. The zero-order chi connectivity index (χ0) is 16.6. The Morgan fingerprint density at radius 1 is 1.17 bits per heavy atom. The van der Waals surface area contributed by atoms with Crippen LogP contribution in [0.5, 0.6) is 0 Å². The monoisotopic (exact) mass is 341 g/mol. The van der Waals surface area contributed by atoms with Crippen LogP contribution in [0, 0.1) is 5.41 Å². The van der Waals surface area contributed by atoms with Crippen molar-refractivity contribution >= 4 is 29.9 Å². The Morgan fingerprint density at radius 3 is 2.35 bits per heavy atom. The van der Waals surface area contributed by atoms with Crippen molar-refractivity contribution in [3.05, 3.63) is 29.8 Å². The normalized spacial score (nSPS) is 10.6. The fraction of sp³-hybridized carbons (Fsp3) is 0.529. The Bertz CT molecular complexity index is 508. The Kier molecular flexibility index (Phi) is 9.53. The molecule has 2 amide bonds. The molecule has 1 aromatic rings. The van der Waals surface area contributed by atoms with E-state index in [1.807, 2.05) is 38.1 Å². The maximum Gasteiger partial charge on any atom is 0.243 e. The zero-order valence-corrected chi connectivity index (χ0v) is 15.0. The lowest BCUT2D eigenvalue weighted by Crippen LogP contribution is -2.47. The van der Waals surface area contributed by atoms with Crippen LogP contribution in [0.15, 0.2) is 24.3 Å². The number of hydrogen-bond donors (Lipinski definition) is 3. The molecular weight excluding hydrogens is 314 g/mol. The molecule has 0 heterocycles. The van der Waals surface area contributed by atoms with E-state index in [1.54, 1.807) is 0 Å². The number of nitrogens with two attached hydrogens (primary N) is 1. The molecule has 0 radical (unpaired) electrons. The van der Waals surface area contributed by atoms with E-state index >= 15 is 0 Å². The van der Waals surface area contributed by atoms with Crippen molar-refractivity contribution in [3.63, 3.8) is 0 Å². The molecule has 1 rings (SSSR count). The number of carbonyl (C=O) groups is 2. The van der Waals surface area contributed by atoms with Crippen LogP contribution in [0.4, 0.5) is 5.69 Å². The number of nitrogens with one attached hydrogen (secondary N) is 2. The first-order valence-corrected chi connectivity index (χ1v) is 7.88. The molecule has 0 saturated carbocycles. The average molecular weight is 342 g/mol. The summed E-state index contributed by atoms with van der Waals surface area (Å²) in [6.45, 7) is 6.17. The number of halogens is 1. The van der Waals surface area contributed by atoms with Crippen molar-refractivity contribution in [2.45, 2.75) is 40.0 Å². The van der Waals surface area contributed by atoms with E-state index in [2.05, 4.69) is 17.6 Å². The van der Waals surface area contributed by atoms with Gasteiger partial charge in [0.25, 0.3) is 0 Å². The van der Waals surface area contributed by atoms with Gasteiger partial charge in [-0.3, -0.25) is 9.59 Å². The number of anilines is 1. The van der Waals surface area contributed by atoms with Gasteiger partial charge in [0.15, 0.2) is 0 Å². The topological polar surface area (TPSA) is 84.2 Å². The van der Waals surface area contributed by atoms with Gasteiger partial charge in [0, 0.05) is 12.2 Å². The lowest BCUT2D eigenvalue weighted by atomic mass is 9.81. The quantitative estimate of drug-likeness (QED) is 0.679. The first-order valence-electron chi connectivity index (χ1n) is 7.88. The Hall–Kier alpha value is -1.59. The SMILES string of the molecule is CCc1cccc(NC(=O)CNC(=O)C(CC)(CC)CN)c1.Cl. The number of carbonyl (C=O) groups excluding carboxylic acids is 2. The third-order valence-corrected chi connectivity index (χ3v) is 4.25. The molecule has 5 nitrogen and oxygen atoms in total. The van der Waals surface area contributed by atoms with Crippen LogP contribution in [0.2, 0.25) is 0 Å². The summed E-state index contributed by atoms with van der Waals surface area (Å²) in [5, 5.41) is 5.49. The highest BCUT2D eigenvalue weighted by Crippen LogP contribution is 2.24. The van der Waals surface area contributed by atoms with Crippen LogP contribution in [-0.4, -0.2) is 24.9 Å². The fourth-order valence-electron chi connectivity index (χ4n) is 2.37. The minimum Gasteiger partial charge on any atom is -0.347 e. The van der Waals surface area contributed by atoms with Gasteiger partial charge >= 0.3 is 0 Å². The van der Waals surface area contributed by atoms with Gasteiger partial charge in [-0.25, -0.2) is 0 Å². The van der Waals surface area contributed by atoms with Crippen molar-refractivity contribution in [3.8, 4) is 0 Å². The van der Waals surface area contributed by atoms with Crippen LogP contribution in [0.3, 0.4) is 0 Å². The van der Waals surface area contributed by atoms with E-state index in [9.17, 15) is 9.59 Å². The molecule has 6 heteroatoms. The molecule has 0 aliphatic rings. The van der Waals surface area contributed by atoms with Crippen LogP contribution in [0.1, 0.15) is 39.2 Å². The molecule has 23 heavy (non-hydrogen) atoms. The molecule has 1 aromatic carbocycles. The Morgan fingerprint density at radius 2 is 1.83 bits per heavy atom. The van der Waals surface area contributed by atoms with Crippen molar-refractivity contribution in [1.82, 2.24) is 5.32 Å². The number of aryl methyl sites for hydroxylation is 1. The molecule has 0 atom stereocenters. The molecule has 0 saturated heterocycles. The smallest absolute Gasteiger partial charge is 0.243 e. The highest BCUT2D eigenvalue weighted by molar-refractivity contribution is 5.95. The second kappa shape index (κ2) is 10.2. The summed E-state index contributed by atoms with van der Waals surface area (Å²) in [4.78, 5) is 24.2. The molecule has 0 aromatic heterocycles. The Labute approximate surface area is 144 Å². The number of rotatable bonds is 8. The summed E-state index contributed by atoms with van der Waals surface area (Å²) in [7, 11) is 0. The highest BCUT2D eigenvalue weighted by Gasteiger charge is 2.33. The van der Waals surface area contributed by atoms with Gasteiger partial charge < -0.3 is 16.4 Å². The summed E-state index contributed by atoms with van der Waals surface area (Å²) in [6.07, 6.45) is 2.23. The summed E-state index contributed by atoms with van der Waals surface area (Å²) in [5.74, 6) is -0.391. The van der Waals surface area contributed by atoms with Gasteiger partial charge in [0.05, 0.1) is 12.0 Å². The first kappa shape index (κ1) is 21.4. The largest absolute Gasteiger partial charge is 0.347 e. The van der Waals surface area contributed by atoms with Crippen LogP contribution < -0.4 is 16.4 Å². The second-order valence-corrected chi connectivity index (χ2v) is 5.48. The number of benzene rings is 1. The number of hydrogen-bond acceptors (Lipinski definition) is 3. The van der Waals surface area contributed by atoms with Crippen molar-refractivity contribution in [2.75, 3.05) is 18.4 Å². The summed E-state index contributed by atoms with van der Waals surface area (Å²) in [5.41, 5.74) is 7.05. The van der Waals surface area contributed by atoms with Gasteiger partial charge in [-0.2, -0.15) is 0 Å². The molecular formula is C17H28ClN3O2. The van der Waals surface area contributed by atoms with Gasteiger partial charge in [-0.05, 0) is 37.0 Å². The van der Waals surface area contributed by atoms with E-state index in [0.717, 1.165) is 17.7 Å². The van der Waals surface area contributed by atoms with E-state index in [4.69, 9.17) is 5.73 Å². The number of amides is 2. The maximum absolute atomic E-state index is 12.2. The molecule has 0 bridgehead atoms. The fourth-order valence-corrected chi connectivity index (χ4v) is 2.37. The predicted octanol–water partition coefficient (Wildman–Crippen LogP) is 2.49.